The van der Waals surface area contributed by atoms with E-state index in [4.69, 9.17) is 0 Å². The molecule has 2 aromatic carbocycles. The van der Waals surface area contributed by atoms with Gasteiger partial charge in [0, 0.05) is 48.0 Å². The molecule has 1 atom stereocenters. The Morgan fingerprint density at radius 1 is 1.13 bits per heavy atom. The first kappa shape index (κ1) is 19.5. The second kappa shape index (κ2) is 8.02. The van der Waals surface area contributed by atoms with Crippen molar-refractivity contribution in [3.8, 4) is 0 Å². The van der Waals surface area contributed by atoms with Crippen LogP contribution in [0.3, 0.4) is 0 Å². The van der Waals surface area contributed by atoms with Crippen LogP contribution in [0.5, 0.6) is 0 Å². The van der Waals surface area contributed by atoms with Gasteiger partial charge in [-0.1, -0.05) is 24.3 Å². The van der Waals surface area contributed by atoms with Crippen molar-refractivity contribution in [2.75, 3.05) is 0 Å². The summed E-state index contributed by atoms with van der Waals surface area (Å²) in [5.41, 5.74) is 5.48. The topological polar surface area (TPSA) is 60.0 Å². The Labute approximate surface area is 179 Å². The highest BCUT2D eigenvalue weighted by Gasteiger charge is 2.29. The van der Waals surface area contributed by atoms with E-state index in [1.165, 1.54) is 11.6 Å². The van der Waals surface area contributed by atoms with E-state index in [2.05, 4.69) is 33.8 Å². The van der Waals surface area contributed by atoms with E-state index in [0.29, 0.717) is 6.54 Å². The summed E-state index contributed by atoms with van der Waals surface area (Å²) in [5.74, 6) is -1.08. The minimum atomic E-state index is -0.787. The largest absolute Gasteiger partial charge is 0.481 e. The van der Waals surface area contributed by atoms with E-state index in [9.17, 15) is 14.3 Å². The molecular formula is C25H24FN3O2. The van der Waals surface area contributed by atoms with E-state index in [0.717, 1.165) is 53.5 Å². The average Bonchev–Trinajstić information content (AvgIpc) is 3.36. The molecule has 6 heteroatoms. The molecule has 0 radical (unpaired) electrons. The molecule has 1 aliphatic carbocycles. The molecule has 5 rings (SSSR count). The molecule has 1 unspecified atom stereocenters. The molecule has 2 heterocycles. The van der Waals surface area contributed by atoms with E-state index in [1.54, 1.807) is 18.6 Å². The van der Waals surface area contributed by atoms with Crippen molar-refractivity contribution >= 4 is 16.9 Å². The third-order valence-electron chi connectivity index (χ3n) is 6.25. The van der Waals surface area contributed by atoms with Crippen LogP contribution in [0.15, 0.2) is 61.2 Å². The van der Waals surface area contributed by atoms with Gasteiger partial charge in [0.1, 0.15) is 5.82 Å². The zero-order chi connectivity index (χ0) is 21.4. The fourth-order valence-corrected chi connectivity index (χ4v) is 4.91. The summed E-state index contributed by atoms with van der Waals surface area (Å²) < 4.78 is 18.3. The highest BCUT2D eigenvalue weighted by Crippen LogP contribution is 2.40. The van der Waals surface area contributed by atoms with E-state index in [1.807, 2.05) is 16.8 Å². The van der Waals surface area contributed by atoms with Gasteiger partial charge in [-0.2, -0.15) is 0 Å². The first-order chi connectivity index (χ1) is 15.1. The highest BCUT2D eigenvalue weighted by atomic mass is 19.1. The Balaban J connectivity index is 1.52. The third-order valence-corrected chi connectivity index (χ3v) is 6.25. The molecular weight excluding hydrogens is 393 g/mol. The summed E-state index contributed by atoms with van der Waals surface area (Å²) in [6.45, 7) is 1.40. The van der Waals surface area contributed by atoms with Crippen LogP contribution in [0.2, 0.25) is 0 Å². The maximum Gasteiger partial charge on any atom is 0.304 e. The van der Waals surface area contributed by atoms with Crippen molar-refractivity contribution in [1.29, 1.82) is 0 Å². The molecule has 31 heavy (non-hydrogen) atoms. The normalized spacial score (nSPS) is 15.8. The number of nitrogens with zero attached hydrogens (tertiary/aromatic N) is 3. The summed E-state index contributed by atoms with van der Waals surface area (Å²) in [7, 11) is 0. The Kier molecular flexibility index (Phi) is 5.06. The first-order valence-corrected chi connectivity index (χ1v) is 10.6. The van der Waals surface area contributed by atoms with Gasteiger partial charge in [0.25, 0.3) is 0 Å². The van der Waals surface area contributed by atoms with Crippen LogP contribution in [0.1, 0.15) is 47.6 Å². The van der Waals surface area contributed by atoms with Crippen molar-refractivity contribution in [2.24, 2.45) is 0 Å². The molecule has 0 saturated heterocycles. The number of aryl methyl sites for hydroxylation is 1. The number of hydrogen-bond donors (Lipinski definition) is 1. The lowest BCUT2D eigenvalue weighted by molar-refractivity contribution is -0.137. The molecule has 0 fully saturated rings. The van der Waals surface area contributed by atoms with Gasteiger partial charge in [0.15, 0.2) is 0 Å². The molecule has 4 aromatic rings. The van der Waals surface area contributed by atoms with Crippen LogP contribution in [0.25, 0.3) is 10.9 Å². The Morgan fingerprint density at radius 3 is 2.61 bits per heavy atom. The number of fused-ring (bicyclic) bond motifs is 3. The van der Waals surface area contributed by atoms with Crippen LogP contribution >= 0.6 is 0 Å². The first-order valence-electron chi connectivity index (χ1n) is 10.6. The van der Waals surface area contributed by atoms with Gasteiger partial charge in [-0.15, -0.1) is 0 Å². The number of aromatic nitrogens is 3. The van der Waals surface area contributed by atoms with Crippen molar-refractivity contribution < 1.29 is 14.3 Å². The van der Waals surface area contributed by atoms with Gasteiger partial charge in [0.2, 0.25) is 0 Å². The zero-order valence-corrected chi connectivity index (χ0v) is 17.2. The Morgan fingerprint density at radius 2 is 1.90 bits per heavy atom. The monoisotopic (exact) mass is 417 g/mol. The summed E-state index contributed by atoms with van der Waals surface area (Å²) in [6, 6.07) is 13.4. The predicted octanol–water partition coefficient (Wildman–Crippen LogP) is 4.97. The van der Waals surface area contributed by atoms with Crippen LogP contribution in [0.4, 0.5) is 4.39 Å². The van der Waals surface area contributed by atoms with Crippen molar-refractivity contribution in [3.63, 3.8) is 0 Å². The molecule has 0 spiro atoms. The number of aliphatic carboxylic acids is 1. The summed E-state index contributed by atoms with van der Waals surface area (Å²) in [5, 5.41) is 10.4. The van der Waals surface area contributed by atoms with Crippen LogP contribution in [-0.4, -0.2) is 25.2 Å². The lowest BCUT2D eigenvalue weighted by atomic mass is 9.84. The fraction of sp³-hybridized carbons (Fsp3) is 0.280. The predicted molar refractivity (Wildman–Crippen MR) is 117 cm³/mol. The summed E-state index contributed by atoms with van der Waals surface area (Å²) in [4.78, 5) is 15.6. The number of hydrogen-bond acceptors (Lipinski definition) is 2. The molecule has 5 nitrogen and oxygen atoms in total. The lowest BCUT2D eigenvalue weighted by Gasteiger charge is -2.24. The quantitative estimate of drug-likeness (QED) is 0.482. The molecule has 158 valence electrons. The number of imidazole rings is 1. The van der Waals surface area contributed by atoms with E-state index in [-0.39, 0.29) is 18.2 Å². The van der Waals surface area contributed by atoms with Crippen LogP contribution < -0.4 is 0 Å². The molecule has 1 N–H and O–H groups in total. The minimum absolute atomic E-state index is 0.0442. The highest BCUT2D eigenvalue weighted by molar-refractivity contribution is 5.86. The summed E-state index contributed by atoms with van der Waals surface area (Å²) in [6.07, 6.45) is 8.26. The van der Waals surface area contributed by atoms with Crippen LogP contribution in [0, 0.1) is 5.82 Å². The van der Waals surface area contributed by atoms with Crippen LogP contribution in [-0.2, 0) is 24.3 Å². The van der Waals surface area contributed by atoms with Crippen molar-refractivity contribution in [2.45, 2.75) is 44.7 Å². The third kappa shape index (κ3) is 3.85. The molecule has 0 saturated carbocycles. The Bertz CT molecular complexity index is 1230. The van der Waals surface area contributed by atoms with Gasteiger partial charge in [0.05, 0.1) is 12.7 Å². The lowest BCUT2D eigenvalue weighted by Crippen LogP contribution is -2.17. The zero-order valence-electron chi connectivity index (χ0n) is 17.2. The number of carboxylic acids is 1. The average molecular weight is 417 g/mol. The maximum atomic E-state index is 14.0. The molecule has 0 amide bonds. The van der Waals surface area contributed by atoms with Crippen molar-refractivity contribution in [1.82, 2.24) is 14.1 Å². The van der Waals surface area contributed by atoms with Gasteiger partial charge < -0.3 is 14.2 Å². The minimum Gasteiger partial charge on any atom is -0.481 e. The van der Waals surface area contributed by atoms with Gasteiger partial charge in [-0.25, -0.2) is 9.37 Å². The molecule has 2 aromatic heterocycles. The number of carboxylic acid groups (broad SMARTS) is 1. The number of benzene rings is 2. The summed E-state index contributed by atoms with van der Waals surface area (Å²) >= 11 is 0. The van der Waals surface area contributed by atoms with Gasteiger partial charge >= 0.3 is 5.97 Å². The number of carbonyl (C=O) groups is 1. The van der Waals surface area contributed by atoms with Gasteiger partial charge in [-0.3, -0.25) is 4.79 Å². The smallest absolute Gasteiger partial charge is 0.304 e. The number of halogens is 1. The van der Waals surface area contributed by atoms with Gasteiger partial charge in [-0.05, 0) is 54.2 Å². The van der Waals surface area contributed by atoms with E-state index >= 15 is 0 Å². The fourth-order valence-electron chi connectivity index (χ4n) is 4.91. The second-order valence-electron chi connectivity index (χ2n) is 8.35. The Hall–Kier alpha value is -3.41. The number of rotatable bonds is 6. The molecule has 0 bridgehead atoms. The van der Waals surface area contributed by atoms with E-state index < -0.39 is 5.97 Å². The second-order valence-corrected chi connectivity index (χ2v) is 8.35. The SMILES string of the molecule is O=C(O)CC1CCCc2c1n(Cc1ccc(Cn3ccnc3)cc1)c1ccc(F)cc21. The van der Waals surface area contributed by atoms with Crippen molar-refractivity contribution in [3.05, 3.63) is 89.4 Å². The molecule has 0 aliphatic heterocycles. The standard InChI is InChI=1S/C25H24FN3O2/c26-20-8-9-23-22(13-20)21-3-1-2-19(12-24(30)31)25(21)29(23)15-18-6-4-17(5-7-18)14-28-11-10-27-16-28/h4-11,13,16,19H,1-3,12,14-15H2,(H,30,31). The molecule has 1 aliphatic rings. The maximum absolute atomic E-state index is 14.0.